The minimum absolute atomic E-state index is 0.0727. The van der Waals surface area contributed by atoms with Crippen molar-refractivity contribution in [3.8, 4) is 17.6 Å². The first kappa shape index (κ1) is 23.4. The number of nitrogens with zero attached hydrogens (tertiary/aromatic N) is 4. The molecule has 1 saturated heterocycles. The van der Waals surface area contributed by atoms with Crippen LogP contribution in [0.4, 0.5) is 10.1 Å². The Morgan fingerprint density at radius 3 is 2.71 bits per heavy atom. The fourth-order valence-electron chi connectivity index (χ4n) is 4.59. The maximum atomic E-state index is 14.7. The molecule has 1 spiro atoms. The Balaban J connectivity index is 1.43. The molecule has 0 bridgehead atoms. The second-order valence-corrected chi connectivity index (χ2v) is 11.0. The third-order valence-electron chi connectivity index (χ3n) is 6.85. The molecule has 1 aliphatic carbocycles. The molecule has 182 valence electrons. The zero-order valence-corrected chi connectivity index (χ0v) is 20.2. The van der Waals surface area contributed by atoms with Gasteiger partial charge in [0, 0.05) is 44.9 Å². The van der Waals surface area contributed by atoms with Crippen LogP contribution in [0.5, 0.6) is 11.5 Å². The van der Waals surface area contributed by atoms with Gasteiger partial charge in [0.15, 0.2) is 11.6 Å². The lowest BCUT2D eigenvalue weighted by Gasteiger charge is -2.54. The van der Waals surface area contributed by atoms with Gasteiger partial charge in [-0.1, -0.05) is 6.92 Å². The Morgan fingerprint density at radius 1 is 1.29 bits per heavy atom. The molecule has 0 radical (unpaired) electrons. The van der Waals surface area contributed by atoms with Crippen molar-refractivity contribution in [1.29, 1.82) is 5.26 Å². The van der Waals surface area contributed by atoms with E-state index >= 15 is 0 Å². The molecule has 2 aliphatic rings. The lowest BCUT2D eigenvalue weighted by molar-refractivity contribution is 0.0347. The summed E-state index contributed by atoms with van der Waals surface area (Å²) in [6.07, 6.45) is 3.98. The molecule has 1 aromatic heterocycles. The number of aromatic nitrogens is 2. The van der Waals surface area contributed by atoms with Gasteiger partial charge in [-0.15, -0.1) is 0 Å². The molecular formula is C24H25FN6O3S. The number of fused-ring (bicyclic) bond motifs is 1. The van der Waals surface area contributed by atoms with Gasteiger partial charge < -0.3 is 10.1 Å². The normalized spacial score (nSPS) is 17.1. The van der Waals surface area contributed by atoms with Crippen LogP contribution in [-0.2, 0) is 10.2 Å². The second kappa shape index (κ2) is 8.71. The van der Waals surface area contributed by atoms with Gasteiger partial charge in [-0.25, -0.2) is 9.37 Å². The fraction of sp³-hybridized carbons (Fsp3) is 0.375. The molecular weight excluding hydrogens is 471 g/mol. The highest BCUT2D eigenvalue weighted by Crippen LogP contribution is 2.52. The van der Waals surface area contributed by atoms with E-state index in [-0.39, 0.29) is 29.3 Å². The molecule has 5 rings (SSSR count). The molecule has 1 saturated carbocycles. The monoisotopic (exact) mass is 496 g/mol. The van der Waals surface area contributed by atoms with E-state index in [1.54, 1.807) is 25.1 Å². The Hall–Kier alpha value is -3.33. The highest BCUT2D eigenvalue weighted by molar-refractivity contribution is 7.90. The van der Waals surface area contributed by atoms with Crippen LogP contribution in [0.3, 0.4) is 0 Å². The van der Waals surface area contributed by atoms with Gasteiger partial charge in [-0.2, -0.15) is 18.0 Å². The van der Waals surface area contributed by atoms with Crippen LogP contribution < -0.4 is 14.8 Å². The molecule has 1 aliphatic heterocycles. The molecule has 2 aromatic carbocycles. The van der Waals surface area contributed by atoms with E-state index < -0.39 is 16.0 Å². The number of nitriles is 1. The molecule has 2 N–H and O–H groups in total. The number of hydrogen-bond donors (Lipinski definition) is 2. The molecule has 2 fully saturated rings. The van der Waals surface area contributed by atoms with Crippen LogP contribution in [0.2, 0.25) is 0 Å². The summed E-state index contributed by atoms with van der Waals surface area (Å²) in [6.45, 7) is 4.00. The maximum Gasteiger partial charge on any atom is 0.301 e. The van der Waals surface area contributed by atoms with Crippen molar-refractivity contribution in [1.82, 2.24) is 19.6 Å². The van der Waals surface area contributed by atoms with Crippen LogP contribution in [0.1, 0.15) is 36.9 Å². The molecule has 11 heteroatoms. The second-order valence-electron chi connectivity index (χ2n) is 9.19. The van der Waals surface area contributed by atoms with Crippen molar-refractivity contribution in [2.45, 2.75) is 25.7 Å². The topological polar surface area (TPSA) is 120 Å². The smallest absolute Gasteiger partial charge is 0.301 e. The van der Waals surface area contributed by atoms with Crippen molar-refractivity contribution < 1.29 is 17.5 Å². The molecule has 0 atom stereocenters. The maximum absolute atomic E-state index is 14.7. The predicted molar refractivity (Wildman–Crippen MR) is 129 cm³/mol. The number of benzene rings is 2. The van der Waals surface area contributed by atoms with Crippen LogP contribution in [0.15, 0.2) is 36.5 Å². The number of nitrogens with one attached hydrogen (secondary N) is 2. The SMILES string of the molecule is CCN(C)S(=O)(=O)Nc1ccc(F)c(Oc2ccc3ncc(C4CC5(CNC5)C4)nc3c2)c1C#N. The van der Waals surface area contributed by atoms with E-state index in [2.05, 4.69) is 15.0 Å². The Morgan fingerprint density at radius 2 is 2.06 bits per heavy atom. The lowest BCUT2D eigenvalue weighted by Crippen LogP contribution is -2.59. The van der Waals surface area contributed by atoms with E-state index in [1.165, 1.54) is 13.1 Å². The quantitative estimate of drug-likeness (QED) is 0.514. The summed E-state index contributed by atoms with van der Waals surface area (Å²) in [7, 11) is -2.52. The Bertz CT molecular complexity index is 1440. The molecule has 35 heavy (non-hydrogen) atoms. The third-order valence-corrected chi connectivity index (χ3v) is 8.40. The summed E-state index contributed by atoms with van der Waals surface area (Å²) in [5.41, 5.74) is 2.28. The summed E-state index contributed by atoms with van der Waals surface area (Å²) in [6, 6.07) is 9.08. The first-order chi connectivity index (χ1) is 16.7. The van der Waals surface area contributed by atoms with Gasteiger partial charge in [0.2, 0.25) is 0 Å². The molecule has 9 nitrogen and oxygen atoms in total. The van der Waals surface area contributed by atoms with Gasteiger partial charge in [0.25, 0.3) is 0 Å². The van der Waals surface area contributed by atoms with Gasteiger partial charge >= 0.3 is 10.2 Å². The molecule has 3 aromatic rings. The van der Waals surface area contributed by atoms with Crippen LogP contribution in [-0.4, -0.2) is 49.4 Å². The zero-order chi connectivity index (χ0) is 24.8. The highest BCUT2D eigenvalue weighted by atomic mass is 32.2. The van der Waals surface area contributed by atoms with Gasteiger partial charge in [0.1, 0.15) is 17.4 Å². The first-order valence-electron chi connectivity index (χ1n) is 11.4. The zero-order valence-electron chi connectivity index (χ0n) is 19.4. The summed E-state index contributed by atoms with van der Waals surface area (Å²) in [4.78, 5) is 9.28. The van der Waals surface area contributed by atoms with E-state index in [0.29, 0.717) is 22.4 Å². The van der Waals surface area contributed by atoms with Crippen molar-refractivity contribution in [3.63, 3.8) is 0 Å². The summed E-state index contributed by atoms with van der Waals surface area (Å²) >= 11 is 0. The van der Waals surface area contributed by atoms with Gasteiger partial charge in [0.05, 0.1) is 22.4 Å². The van der Waals surface area contributed by atoms with Gasteiger partial charge in [-0.3, -0.25) is 9.71 Å². The number of rotatable bonds is 7. The summed E-state index contributed by atoms with van der Waals surface area (Å²) < 4.78 is 48.7. The van der Waals surface area contributed by atoms with Crippen molar-refractivity contribution >= 4 is 26.9 Å². The average molecular weight is 497 g/mol. The van der Waals surface area contributed by atoms with Crippen LogP contribution >= 0.6 is 0 Å². The number of hydrogen-bond acceptors (Lipinski definition) is 7. The minimum atomic E-state index is -3.91. The number of halogens is 1. The number of ether oxygens (including phenoxy) is 1. The summed E-state index contributed by atoms with van der Waals surface area (Å²) in [5.74, 6) is -0.527. The largest absolute Gasteiger partial charge is 0.453 e. The predicted octanol–water partition coefficient (Wildman–Crippen LogP) is 3.51. The van der Waals surface area contributed by atoms with E-state index in [0.717, 1.165) is 42.0 Å². The minimum Gasteiger partial charge on any atom is -0.453 e. The summed E-state index contributed by atoms with van der Waals surface area (Å²) in [5, 5.41) is 13.0. The highest BCUT2D eigenvalue weighted by Gasteiger charge is 2.49. The van der Waals surface area contributed by atoms with E-state index in [9.17, 15) is 18.1 Å². The molecule has 0 amide bonds. The Labute approximate surface area is 203 Å². The lowest BCUT2D eigenvalue weighted by atomic mass is 9.58. The third kappa shape index (κ3) is 4.29. The number of anilines is 1. The fourth-order valence-corrected chi connectivity index (χ4v) is 5.53. The van der Waals surface area contributed by atoms with E-state index in [4.69, 9.17) is 9.72 Å². The Kier molecular flexibility index (Phi) is 5.83. The van der Waals surface area contributed by atoms with Gasteiger partial charge in [-0.05, 0) is 42.5 Å². The van der Waals surface area contributed by atoms with E-state index in [1.807, 2.05) is 12.3 Å². The standard InChI is InChI=1S/C24H25FN6O3S/c1-3-31(2)35(32,33)30-19-7-5-18(25)23(17(19)11-26)34-16-4-6-20-21(8-16)29-22(12-28-20)15-9-24(10-15)13-27-14-24/h4-8,12,15,27,30H,3,9-10,13-14H2,1-2H3. The van der Waals surface area contributed by atoms with Crippen molar-refractivity contribution in [3.05, 3.63) is 53.6 Å². The van der Waals surface area contributed by atoms with Crippen LogP contribution in [0, 0.1) is 22.6 Å². The average Bonchev–Trinajstić information content (AvgIpc) is 2.78. The van der Waals surface area contributed by atoms with Crippen molar-refractivity contribution in [2.24, 2.45) is 5.41 Å². The van der Waals surface area contributed by atoms with Crippen molar-refractivity contribution in [2.75, 3.05) is 31.4 Å². The molecule has 2 heterocycles. The van der Waals surface area contributed by atoms with Crippen LogP contribution in [0.25, 0.3) is 11.0 Å². The first-order valence-corrected chi connectivity index (χ1v) is 12.8. The molecule has 0 unspecified atom stereocenters.